The average Bonchev–Trinajstić information content (AvgIpc) is 3.06. The Morgan fingerprint density at radius 3 is 2.72 bits per heavy atom. The van der Waals surface area contributed by atoms with Crippen molar-refractivity contribution < 1.29 is 4.79 Å². The van der Waals surface area contributed by atoms with E-state index in [9.17, 15) is 4.79 Å². The van der Waals surface area contributed by atoms with Gasteiger partial charge in [0.25, 0.3) is 0 Å². The maximum atomic E-state index is 12.2. The number of aromatic nitrogens is 2. The number of carbonyl (C=O) groups is 1. The maximum absolute atomic E-state index is 12.2. The van der Waals surface area contributed by atoms with E-state index in [1.165, 1.54) is 22.9 Å². The number of nitrogens with one attached hydrogen (secondary N) is 1. The van der Waals surface area contributed by atoms with Crippen LogP contribution in [0.4, 0.5) is 5.69 Å². The first-order valence-corrected chi connectivity index (χ1v) is 9.60. The van der Waals surface area contributed by atoms with E-state index in [2.05, 4.69) is 52.2 Å². The first-order chi connectivity index (χ1) is 12.0. The minimum atomic E-state index is -0.0529. The quantitative estimate of drug-likeness (QED) is 0.597. The highest BCUT2D eigenvalue weighted by molar-refractivity contribution is 9.10. The van der Waals surface area contributed by atoms with Crippen LogP contribution in [0.3, 0.4) is 0 Å². The summed E-state index contributed by atoms with van der Waals surface area (Å²) in [5, 5.41) is 3.70. The summed E-state index contributed by atoms with van der Waals surface area (Å²) in [5.41, 5.74) is 4.32. The lowest BCUT2D eigenvalue weighted by molar-refractivity contribution is -0.113. The van der Waals surface area contributed by atoms with Crippen molar-refractivity contribution in [2.45, 2.75) is 19.0 Å². The molecule has 3 aromatic rings. The second kappa shape index (κ2) is 7.89. The monoisotopic (exact) mass is 415 g/mol. The molecule has 1 amide bonds. The number of hydrogen-bond donors (Lipinski definition) is 1. The zero-order valence-electron chi connectivity index (χ0n) is 14.0. The van der Waals surface area contributed by atoms with E-state index in [1.807, 2.05) is 41.1 Å². The lowest BCUT2D eigenvalue weighted by atomic mass is 10.1. The number of carbonyl (C=O) groups excluding carboxylic acids is 1. The Morgan fingerprint density at radius 2 is 1.96 bits per heavy atom. The van der Waals surface area contributed by atoms with Crippen molar-refractivity contribution in [2.75, 3.05) is 11.1 Å². The second-order valence-electron chi connectivity index (χ2n) is 5.64. The summed E-state index contributed by atoms with van der Waals surface area (Å²) in [4.78, 5) is 16.6. The Hall–Kier alpha value is -2.05. The van der Waals surface area contributed by atoms with Gasteiger partial charge >= 0.3 is 0 Å². The Morgan fingerprint density at radius 1 is 1.20 bits per heavy atom. The maximum Gasteiger partial charge on any atom is 0.234 e. The number of imidazole rings is 1. The highest BCUT2D eigenvalue weighted by Crippen LogP contribution is 2.24. The standard InChI is InChI=1S/C19H18BrN3OS/c1-13-4-3-5-17(14(13)2)23-11-10-21-19(23)25-12-18(24)22-16-8-6-15(20)7-9-16/h3-11H,12H2,1-2H3,(H,22,24). The summed E-state index contributed by atoms with van der Waals surface area (Å²) < 4.78 is 3.01. The molecule has 6 heteroatoms. The van der Waals surface area contributed by atoms with Crippen molar-refractivity contribution >= 4 is 39.3 Å². The van der Waals surface area contributed by atoms with Crippen LogP contribution in [0.5, 0.6) is 0 Å². The van der Waals surface area contributed by atoms with E-state index in [1.54, 1.807) is 6.20 Å². The molecule has 0 atom stereocenters. The van der Waals surface area contributed by atoms with Gasteiger partial charge in [0.1, 0.15) is 0 Å². The fraction of sp³-hybridized carbons (Fsp3) is 0.158. The SMILES string of the molecule is Cc1cccc(-n2ccnc2SCC(=O)Nc2ccc(Br)cc2)c1C. The van der Waals surface area contributed by atoms with Crippen LogP contribution in [0, 0.1) is 13.8 Å². The number of anilines is 1. The van der Waals surface area contributed by atoms with Crippen molar-refractivity contribution in [1.29, 1.82) is 0 Å². The van der Waals surface area contributed by atoms with Crippen LogP contribution in [0.15, 0.2) is 64.5 Å². The van der Waals surface area contributed by atoms with Crippen molar-refractivity contribution in [3.05, 3.63) is 70.5 Å². The van der Waals surface area contributed by atoms with Crippen LogP contribution >= 0.6 is 27.7 Å². The number of thioether (sulfide) groups is 1. The molecule has 0 aliphatic heterocycles. The van der Waals surface area contributed by atoms with Crippen LogP contribution in [-0.2, 0) is 4.79 Å². The zero-order chi connectivity index (χ0) is 17.8. The molecule has 3 rings (SSSR count). The van der Waals surface area contributed by atoms with Crippen LogP contribution in [0.2, 0.25) is 0 Å². The minimum absolute atomic E-state index is 0.0529. The summed E-state index contributed by atoms with van der Waals surface area (Å²) in [6.07, 6.45) is 3.69. The van der Waals surface area contributed by atoms with Crippen molar-refractivity contribution in [3.63, 3.8) is 0 Å². The molecule has 0 aliphatic rings. The topological polar surface area (TPSA) is 46.9 Å². The van der Waals surface area contributed by atoms with Gasteiger partial charge in [0, 0.05) is 22.6 Å². The molecule has 25 heavy (non-hydrogen) atoms. The summed E-state index contributed by atoms with van der Waals surface area (Å²) in [6, 6.07) is 13.7. The van der Waals surface area contributed by atoms with E-state index in [4.69, 9.17) is 0 Å². The predicted octanol–water partition coefficient (Wildman–Crippen LogP) is 4.98. The molecule has 0 fully saturated rings. The van der Waals surface area contributed by atoms with E-state index in [0.29, 0.717) is 5.75 Å². The third-order valence-electron chi connectivity index (χ3n) is 3.90. The van der Waals surface area contributed by atoms with Crippen LogP contribution in [0.25, 0.3) is 5.69 Å². The largest absolute Gasteiger partial charge is 0.325 e. The fourth-order valence-corrected chi connectivity index (χ4v) is 3.47. The third kappa shape index (κ3) is 4.32. The van der Waals surface area contributed by atoms with Crippen molar-refractivity contribution in [1.82, 2.24) is 9.55 Å². The molecule has 0 saturated heterocycles. The Balaban J connectivity index is 1.68. The average molecular weight is 416 g/mol. The Bertz CT molecular complexity index is 890. The summed E-state index contributed by atoms with van der Waals surface area (Å²) in [7, 11) is 0. The van der Waals surface area contributed by atoms with Crippen LogP contribution in [-0.4, -0.2) is 21.2 Å². The molecular formula is C19H18BrN3OS. The molecule has 4 nitrogen and oxygen atoms in total. The van der Waals surface area contributed by atoms with Gasteiger partial charge in [-0.1, -0.05) is 39.8 Å². The molecule has 2 aromatic carbocycles. The number of rotatable bonds is 5. The van der Waals surface area contributed by atoms with Gasteiger partial charge in [-0.25, -0.2) is 4.98 Å². The van der Waals surface area contributed by atoms with Crippen LogP contribution < -0.4 is 5.32 Å². The van der Waals surface area contributed by atoms with E-state index in [0.717, 1.165) is 21.0 Å². The van der Waals surface area contributed by atoms with Gasteiger partial charge in [0.2, 0.25) is 5.91 Å². The first kappa shape index (κ1) is 17.8. The van der Waals surface area contributed by atoms with Gasteiger partial charge in [-0.15, -0.1) is 0 Å². The Kier molecular flexibility index (Phi) is 5.60. The van der Waals surface area contributed by atoms with E-state index >= 15 is 0 Å². The predicted molar refractivity (Wildman–Crippen MR) is 107 cm³/mol. The molecule has 1 N–H and O–H groups in total. The molecule has 0 spiro atoms. The Labute approximate surface area is 159 Å². The van der Waals surface area contributed by atoms with E-state index < -0.39 is 0 Å². The zero-order valence-corrected chi connectivity index (χ0v) is 16.4. The van der Waals surface area contributed by atoms with Gasteiger partial charge in [0.05, 0.1) is 11.4 Å². The van der Waals surface area contributed by atoms with Crippen LogP contribution in [0.1, 0.15) is 11.1 Å². The van der Waals surface area contributed by atoms with Gasteiger partial charge in [-0.05, 0) is 55.3 Å². The number of hydrogen-bond acceptors (Lipinski definition) is 3. The number of aryl methyl sites for hydroxylation is 1. The van der Waals surface area contributed by atoms with Gasteiger partial charge in [0.15, 0.2) is 5.16 Å². The van der Waals surface area contributed by atoms with Gasteiger partial charge < -0.3 is 5.32 Å². The fourth-order valence-electron chi connectivity index (χ4n) is 2.44. The first-order valence-electron chi connectivity index (χ1n) is 7.83. The smallest absolute Gasteiger partial charge is 0.234 e. The molecule has 0 bridgehead atoms. The van der Waals surface area contributed by atoms with Crippen molar-refractivity contribution in [2.24, 2.45) is 0 Å². The molecule has 0 aliphatic carbocycles. The summed E-state index contributed by atoms with van der Waals surface area (Å²) in [6.45, 7) is 4.19. The molecule has 128 valence electrons. The molecule has 0 unspecified atom stereocenters. The number of benzene rings is 2. The third-order valence-corrected chi connectivity index (χ3v) is 5.40. The summed E-state index contributed by atoms with van der Waals surface area (Å²) in [5.74, 6) is 0.251. The number of nitrogens with zero attached hydrogens (tertiary/aromatic N) is 2. The lowest BCUT2D eigenvalue weighted by Gasteiger charge is -2.12. The molecular weight excluding hydrogens is 398 g/mol. The number of amides is 1. The molecule has 1 heterocycles. The van der Waals surface area contributed by atoms with Gasteiger partial charge in [-0.2, -0.15) is 0 Å². The van der Waals surface area contributed by atoms with E-state index in [-0.39, 0.29) is 5.91 Å². The molecule has 0 radical (unpaired) electrons. The molecule has 0 saturated carbocycles. The molecule has 1 aromatic heterocycles. The number of halogens is 1. The van der Waals surface area contributed by atoms with Crippen molar-refractivity contribution in [3.8, 4) is 5.69 Å². The summed E-state index contributed by atoms with van der Waals surface area (Å²) >= 11 is 4.81. The minimum Gasteiger partial charge on any atom is -0.325 e. The highest BCUT2D eigenvalue weighted by atomic mass is 79.9. The highest BCUT2D eigenvalue weighted by Gasteiger charge is 2.11. The lowest BCUT2D eigenvalue weighted by Crippen LogP contribution is -2.14. The second-order valence-corrected chi connectivity index (χ2v) is 7.50. The normalized spacial score (nSPS) is 10.7. The van der Waals surface area contributed by atoms with Gasteiger partial charge in [-0.3, -0.25) is 9.36 Å².